The average Bonchev–Trinajstić information content (AvgIpc) is 2.86. The molecule has 0 aliphatic rings. The standard InChI is InChI=1S/C15H17F3N2O2/c1-10-4-3-5-11(2)14(10)22-9-12(21)8-20-7-6-13(19-20)15(16,17)18/h3-7,12,21H,8-9H2,1-2H3. The smallest absolute Gasteiger partial charge is 0.435 e. The molecule has 0 saturated heterocycles. The van der Waals surface area contributed by atoms with E-state index in [0.29, 0.717) is 5.75 Å². The zero-order chi connectivity index (χ0) is 16.3. The molecule has 1 aromatic carbocycles. The van der Waals surface area contributed by atoms with Gasteiger partial charge >= 0.3 is 6.18 Å². The highest BCUT2D eigenvalue weighted by atomic mass is 19.4. The van der Waals surface area contributed by atoms with E-state index in [4.69, 9.17) is 4.74 Å². The van der Waals surface area contributed by atoms with Gasteiger partial charge in [-0.05, 0) is 31.0 Å². The summed E-state index contributed by atoms with van der Waals surface area (Å²) >= 11 is 0. The Balaban J connectivity index is 1.93. The minimum Gasteiger partial charge on any atom is -0.490 e. The molecule has 2 rings (SSSR count). The van der Waals surface area contributed by atoms with E-state index in [-0.39, 0.29) is 13.2 Å². The molecule has 7 heteroatoms. The predicted octanol–water partition coefficient (Wildman–Crippen LogP) is 2.96. The molecule has 1 aromatic heterocycles. The van der Waals surface area contributed by atoms with Gasteiger partial charge in [0.05, 0.1) is 6.54 Å². The Morgan fingerprint density at radius 3 is 2.41 bits per heavy atom. The van der Waals surface area contributed by atoms with E-state index in [9.17, 15) is 18.3 Å². The topological polar surface area (TPSA) is 47.3 Å². The number of hydrogen-bond acceptors (Lipinski definition) is 3. The molecule has 22 heavy (non-hydrogen) atoms. The Morgan fingerprint density at radius 2 is 1.86 bits per heavy atom. The third-order valence-electron chi connectivity index (χ3n) is 3.16. The molecule has 0 bridgehead atoms. The number of aliphatic hydroxyl groups is 1. The first-order valence-electron chi connectivity index (χ1n) is 6.75. The number of rotatable bonds is 5. The van der Waals surface area contributed by atoms with Crippen LogP contribution >= 0.6 is 0 Å². The Kier molecular flexibility index (Phi) is 4.75. The molecule has 2 aromatic rings. The number of benzene rings is 1. The van der Waals surface area contributed by atoms with Crippen LogP contribution in [0.15, 0.2) is 30.5 Å². The summed E-state index contributed by atoms with van der Waals surface area (Å²) in [4.78, 5) is 0. The summed E-state index contributed by atoms with van der Waals surface area (Å²) in [7, 11) is 0. The highest BCUT2D eigenvalue weighted by Crippen LogP contribution is 2.27. The first-order chi connectivity index (χ1) is 10.3. The Labute approximate surface area is 126 Å². The third-order valence-corrected chi connectivity index (χ3v) is 3.16. The number of aliphatic hydroxyl groups excluding tert-OH is 1. The van der Waals surface area contributed by atoms with Gasteiger partial charge in [0.25, 0.3) is 0 Å². The van der Waals surface area contributed by atoms with Crippen LogP contribution in [0.5, 0.6) is 5.75 Å². The lowest BCUT2D eigenvalue weighted by Crippen LogP contribution is -2.24. The normalized spacial score (nSPS) is 13.2. The maximum absolute atomic E-state index is 12.4. The summed E-state index contributed by atoms with van der Waals surface area (Å²) < 4.78 is 43.9. The molecular weight excluding hydrogens is 297 g/mol. The van der Waals surface area contributed by atoms with Gasteiger partial charge in [0, 0.05) is 6.20 Å². The number of para-hydroxylation sites is 1. The van der Waals surface area contributed by atoms with Crippen LogP contribution in [0.4, 0.5) is 13.2 Å². The highest BCUT2D eigenvalue weighted by Gasteiger charge is 2.33. The van der Waals surface area contributed by atoms with E-state index in [1.807, 2.05) is 32.0 Å². The van der Waals surface area contributed by atoms with Crippen molar-refractivity contribution in [2.24, 2.45) is 0 Å². The van der Waals surface area contributed by atoms with Crippen LogP contribution in [0, 0.1) is 13.8 Å². The molecule has 0 aliphatic carbocycles. The van der Waals surface area contributed by atoms with E-state index in [0.717, 1.165) is 21.9 Å². The van der Waals surface area contributed by atoms with Crippen molar-refractivity contribution in [1.29, 1.82) is 0 Å². The summed E-state index contributed by atoms with van der Waals surface area (Å²) in [5.74, 6) is 0.679. The number of hydrogen-bond donors (Lipinski definition) is 1. The van der Waals surface area contributed by atoms with Crippen LogP contribution in [-0.4, -0.2) is 27.6 Å². The number of alkyl halides is 3. The number of halogens is 3. The average molecular weight is 314 g/mol. The van der Waals surface area contributed by atoms with Gasteiger partial charge in [0.15, 0.2) is 5.69 Å². The number of aromatic nitrogens is 2. The zero-order valence-electron chi connectivity index (χ0n) is 12.3. The van der Waals surface area contributed by atoms with Crippen LogP contribution in [-0.2, 0) is 12.7 Å². The van der Waals surface area contributed by atoms with Crippen LogP contribution in [0.25, 0.3) is 0 Å². The van der Waals surface area contributed by atoms with E-state index in [2.05, 4.69) is 5.10 Å². The highest BCUT2D eigenvalue weighted by molar-refractivity contribution is 5.39. The van der Waals surface area contributed by atoms with Crippen molar-refractivity contribution in [2.75, 3.05) is 6.61 Å². The monoisotopic (exact) mass is 314 g/mol. The minimum atomic E-state index is -4.48. The molecule has 1 N–H and O–H groups in total. The lowest BCUT2D eigenvalue weighted by Gasteiger charge is -2.15. The molecule has 1 atom stereocenters. The largest absolute Gasteiger partial charge is 0.490 e. The second kappa shape index (κ2) is 6.39. The molecule has 0 fully saturated rings. The van der Waals surface area contributed by atoms with Gasteiger partial charge < -0.3 is 9.84 Å². The molecule has 0 spiro atoms. The fraction of sp³-hybridized carbons (Fsp3) is 0.400. The number of ether oxygens (including phenoxy) is 1. The van der Waals surface area contributed by atoms with Crippen molar-refractivity contribution in [3.8, 4) is 5.75 Å². The summed E-state index contributed by atoms with van der Waals surface area (Å²) in [6.07, 6.45) is -4.25. The Bertz CT molecular complexity index is 618. The minimum absolute atomic E-state index is 0.0209. The van der Waals surface area contributed by atoms with Gasteiger partial charge in [-0.25, -0.2) is 0 Å². The molecule has 0 radical (unpaired) electrons. The lowest BCUT2D eigenvalue weighted by molar-refractivity contribution is -0.141. The fourth-order valence-electron chi connectivity index (χ4n) is 2.09. The van der Waals surface area contributed by atoms with E-state index >= 15 is 0 Å². The van der Waals surface area contributed by atoms with Crippen LogP contribution < -0.4 is 4.74 Å². The predicted molar refractivity (Wildman–Crippen MR) is 74.6 cm³/mol. The van der Waals surface area contributed by atoms with Crippen LogP contribution in [0.1, 0.15) is 16.8 Å². The first kappa shape index (κ1) is 16.4. The molecule has 0 aliphatic heterocycles. The van der Waals surface area contributed by atoms with Gasteiger partial charge in [0.2, 0.25) is 0 Å². The maximum Gasteiger partial charge on any atom is 0.435 e. The second-order valence-corrected chi connectivity index (χ2v) is 5.11. The molecule has 0 amide bonds. The van der Waals surface area contributed by atoms with Gasteiger partial charge in [-0.3, -0.25) is 4.68 Å². The van der Waals surface area contributed by atoms with Crippen molar-refractivity contribution >= 4 is 0 Å². The first-order valence-corrected chi connectivity index (χ1v) is 6.75. The van der Waals surface area contributed by atoms with Gasteiger partial charge in [-0.1, -0.05) is 18.2 Å². The maximum atomic E-state index is 12.4. The summed E-state index contributed by atoms with van der Waals surface area (Å²) in [6, 6.07) is 6.55. The Hall–Kier alpha value is -2.02. The molecular formula is C15H17F3N2O2. The summed E-state index contributed by atoms with van der Waals surface area (Å²) in [6.45, 7) is 3.68. The second-order valence-electron chi connectivity index (χ2n) is 5.11. The van der Waals surface area contributed by atoms with Gasteiger partial charge in [-0.15, -0.1) is 0 Å². The van der Waals surface area contributed by atoms with Gasteiger partial charge in [-0.2, -0.15) is 18.3 Å². The van der Waals surface area contributed by atoms with Crippen molar-refractivity contribution in [3.05, 3.63) is 47.3 Å². The molecule has 4 nitrogen and oxygen atoms in total. The molecule has 0 saturated carbocycles. The van der Waals surface area contributed by atoms with Crippen LogP contribution in [0.3, 0.4) is 0 Å². The zero-order valence-corrected chi connectivity index (χ0v) is 12.3. The Morgan fingerprint density at radius 1 is 1.23 bits per heavy atom. The van der Waals surface area contributed by atoms with Crippen molar-refractivity contribution in [3.63, 3.8) is 0 Å². The third kappa shape index (κ3) is 4.00. The molecule has 120 valence electrons. The summed E-state index contributed by atoms with van der Waals surface area (Å²) in [5.41, 5.74) is 0.895. The van der Waals surface area contributed by atoms with Gasteiger partial charge in [0.1, 0.15) is 18.5 Å². The summed E-state index contributed by atoms with van der Waals surface area (Å²) in [5, 5.41) is 13.3. The fourth-order valence-corrected chi connectivity index (χ4v) is 2.09. The van der Waals surface area contributed by atoms with Crippen molar-refractivity contribution in [1.82, 2.24) is 9.78 Å². The molecule has 1 unspecified atom stereocenters. The van der Waals surface area contributed by atoms with E-state index in [1.54, 1.807) is 0 Å². The van der Waals surface area contributed by atoms with Crippen LogP contribution in [0.2, 0.25) is 0 Å². The van der Waals surface area contributed by atoms with Crippen molar-refractivity contribution < 1.29 is 23.0 Å². The lowest BCUT2D eigenvalue weighted by atomic mass is 10.1. The quantitative estimate of drug-likeness (QED) is 0.923. The number of aryl methyl sites for hydroxylation is 2. The van der Waals surface area contributed by atoms with E-state index in [1.165, 1.54) is 6.20 Å². The van der Waals surface area contributed by atoms with Crippen molar-refractivity contribution in [2.45, 2.75) is 32.7 Å². The SMILES string of the molecule is Cc1cccc(C)c1OCC(O)Cn1ccc(C(F)(F)F)n1. The van der Waals surface area contributed by atoms with E-state index < -0.39 is 18.0 Å². The molecule has 1 heterocycles. The number of nitrogens with zero attached hydrogens (tertiary/aromatic N) is 2.